The Balaban J connectivity index is 2.13. The number of carbonyl (C=O) groups excluding carboxylic acids is 1. The van der Waals surface area contributed by atoms with E-state index in [9.17, 15) is 22.0 Å². The van der Waals surface area contributed by atoms with Gasteiger partial charge in [0, 0.05) is 17.3 Å². The van der Waals surface area contributed by atoms with E-state index < -0.39 is 27.6 Å². The molecule has 2 rings (SSSR count). The molecular weight excluding hydrogens is 314 g/mol. The van der Waals surface area contributed by atoms with E-state index in [1.807, 2.05) is 0 Å². The van der Waals surface area contributed by atoms with Crippen molar-refractivity contribution in [1.82, 2.24) is 0 Å². The maximum absolute atomic E-state index is 13.4. The molecule has 0 fully saturated rings. The molecule has 2 N–H and O–H groups in total. The molecule has 1 amide bonds. The van der Waals surface area contributed by atoms with Crippen molar-refractivity contribution in [1.29, 1.82) is 0 Å². The number of sulfonamides is 1. The van der Waals surface area contributed by atoms with Crippen LogP contribution in [0.2, 0.25) is 0 Å². The van der Waals surface area contributed by atoms with Gasteiger partial charge >= 0.3 is 0 Å². The third-order valence-corrected chi connectivity index (χ3v) is 3.24. The van der Waals surface area contributed by atoms with Crippen molar-refractivity contribution in [2.75, 3.05) is 16.3 Å². The number of rotatable bonds is 4. The largest absolute Gasteiger partial charge is 0.319 e. The molecule has 2 aromatic rings. The van der Waals surface area contributed by atoms with Crippen LogP contribution in [0, 0.1) is 11.6 Å². The molecular formula is C14H12F2N2O3S. The maximum Gasteiger partial charge on any atom is 0.255 e. The van der Waals surface area contributed by atoms with Gasteiger partial charge in [-0.15, -0.1) is 0 Å². The first kappa shape index (κ1) is 15.9. The van der Waals surface area contributed by atoms with Gasteiger partial charge in [-0.25, -0.2) is 17.2 Å². The lowest BCUT2D eigenvalue weighted by atomic mass is 10.2. The number of hydrogen-bond donors (Lipinski definition) is 2. The van der Waals surface area contributed by atoms with Crippen molar-refractivity contribution in [2.45, 2.75) is 0 Å². The standard InChI is InChI=1S/C14H12F2N2O3S/c1-22(20,21)18-11-5-2-9(3-6-11)14(19)17-13-7-4-10(15)8-12(13)16/h2-8,18H,1H3,(H,17,19). The Labute approximate surface area is 126 Å². The van der Waals surface area contributed by atoms with Crippen LogP contribution in [0.4, 0.5) is 20.2 Å². The minimum absolute atomic E-state index is 0.148. The lowest BCUT2D eigenvalue weighted by Gasteiger charge is -2.08. The summed E-state index contributed by atoms with van der Waals surface area (Å²) in [6, 6.07) is 8.36. The van der Waals surface area contributed by atoms with Gasteiger partial charge in [0.15, 0.2) is 0 Å². The molecule has 0 aliphatic rings. The Morgan fingerprint density at radius 3 is 2.23 bits per heavy atom. The first-order chi connectivity index (χ1) is 10.2. The highest BCUT2D eigenvalue weighted by molar-refractivity contribution is 7.92. The average molecular weight is 326 g/mol. The molecule has 116 valence electrons. The molecule has 0 atom stereocenters. The van der Waals surface area contributed by atoms with Gasteiger partial charge < -0.3 is 5.32 Å². The average Bonchev–Trinajstić information content (AvgIpc) is 2.41. The molecule has 5 nitrogen and oxygen atoms in total. The molecule has 0 saturated heterocycles. The summed E-state index contributed by atoms with van der Waals surface area (Å²) in [6.07, 6.45) is 1.00. The number of nitrogens with one attached hydrogen (secondary N) is 2. The SMILES string of the molecule is CS(=O)(=O)Nc1ccc(C(=O)Nc2ccc(F)cc2F)cc1. The van der Waals surface area contributed by atoms with Crippen molar-refractivity contribution in [2.24, 2.45) is 0 Å². The lowest BCUT2D eigenvalue weighted by molar-refractivity contribution is 0.102. The van der Waals surface area contributed by atoms with Gasteiger partial charge in [0.1, 0.15) is 11.6 Å². The van der Waals surface area contributed by atoms with Crippen LogP contribution in [0.25, 0.3) is 0 Å². The van der Waals surface area contributed by atoms with E-state index >= 15 is 0 Å². The Morgan fingerprint density at radius 1 is 1.05 bits per heavy atom. The Hall–Kier alpha value is -2.48. The first-order valence-electron chi connectivity index (χ1n) is 6.09. The third kappa shape index (κ3) is 4.26. The smallest absolute Gasteiger partial charge is 0.255 e. The van der Waals surface area contributed by atoms with Crippen LogP contribution in [-0.2, 0) is 10.0 Å². The zero-order valence-electron chi connectivity index (χ0n) is 11.4. The van der Waals surface area contributed by atoms with E-state index in [4.69, 9.17) is 0 Å². The first-order valence-corrected chi connectivity index (χ1v) is 7.98. The highest BCUT2D eigenvalue weighted by Crippen LogP contribution is 2.17. The van der Waals surface area contributed by atoms with E-state index in [-0.39, 0.29) is 11.3 Å². The number of amides is 1. The zero-order chi connectivity index (χ0) is 16.3. The minimum Gasteiger partial charge on any atom is -0.319 e. The maximum atomic E-state index is 13.4. The molecule has 0 saturated carbocycles. The highest BCUT2D eigenvalue weighted by Gasteiger charge is 2.10. The monoisotopic (exact) mass is 326 g/mol. The quantitative estimate of drug-likeness (QED) is 0.907. The van der Waals surface area contributed by atoms with Crippen LogP contribution in [0.15, 0.2) is 42.5 Å². The van der Waals surface area contributed by atoms with E-state index in [2.05, 4.69) is 10.0 Å². The Bertz CT molecular complexity index is 805. The second kappa shape index (κ2) is 6.10. The zero-order valence-corrected chi connectivity index (χ0v) is 12.2. The second-order valence-electron chi connectivity index (χ2n) is 4.53. The number of benzene rings is 2. The van der Waals surface area contributed by atoms with Gasteiger partial charge in [-0.3, -0.25) is 9.52 Å². The fourth-order valence-electron chi connectivity index (χ4n) is 1.69. The molecule has 0 aliphatic carbocycles. The topological polar surface area (TPSA) is 75.3 Å². The van der Waals surface area contributed by atoms with Crippen LogP contribution >= 0.6 is 0 Å². The van der Waals surface area contributed by atoms with Crippen molar-refractivity contribution < 1.29 is 22.0 Å². The summed E-state index contributed by atoms with van der Waals surface area (Å²) in [7, 11) is -3.40. The molecule has 22 heavy (non-hydrogen) atoms. The van der Waals surface area contributed by atoms with Crippen molar-refractivity contribution in [3.8, 4) is 0 Å². The number of halogens is 2. The van der Waals surface area contributed by atoms with Gasteiger partial charge in [-0.05, 0) is 36.4 Å². The van der Waals surface area contributed by atoms with E-state index in [1.54, 1.807) is 0 Å². The molecule has 8 heteroatoms. The predicted octanol–water partition coefficient (Wildman–Crippen LogP) is 2.59. The summed E-state index contributed by atoms with van der Waals surface area (Å²) in [6.45, 7) is 0. The van der Waals surface area contributed by atoms with Gasteiger partial charge in [0.05, 0.1) is 11.9 Å². The van der Waals surface area contributed by atoms with Crippen molar-refractivity contribution in [3.05, 3.63) is 59.7 Å². The van der Waals surface area contributed by atoms with E-state index in [1.165, 1.54) is 24.3 Å². The molecule has 0 aliphatic heterocycles. The van der Waals surface area contributed by atoms with Crippen LogP contribution in [0.1, 0.15) is 10.4 Å². The number of hydrogen-bond acceptors (Lipinski definition) is 3. The lowest BCUT2D eigenvalue weighted by Crippen LogP contribution is -2.13. The van der Waals surface area contributed by atoms with E-state index in [0.29, 0.717) is 11.8 Å². The second-order valence-corrected chi connectivity index (χ2v) is 6.28. The fourth-order valence-corrected chi connectivity index (χ4v) is 2.25. The molecule has 0 spiro atoms. The van der Waals surface area contributed by atoms with Gasteiger partial charge in [0.2, 0.25) is 10.0 Å². The molecule has 0 bridgehead atoms. The summed E-state index contributed by atoms with van der Waals surface area (Å²) in [4.78, 5) is 11.9. The van der Waals surface area contributed by atoms with Crippen LogP contribution in [0.5, 0.6) is 0 Å². The fraction of sp³-hybridized carbons (Fsp3) is 0.0714. The molecule has 0 heterocycles. The summed E-state index contributed by atoms with van der Waals surface area (Å²) < 4.78 is 50.6. The Kier molecular flexibility index (Phi) is 4.41. The van der Waals surface area contributed by atoms with Crippen LogP contribution < -0.4 is 10.0 Å². The van der Waals surface area contributed by atoms with Gasteiger partial charge in [0.25, 0.3) is 5.91 Å². The number of anilines is 2. The summed E-state index contributed by atoms with van der Waals surface area (Å²) in [5.74, 6) is -2.23. The van der Waals surface area contributed by atoms with Crippen molar-refractivity contribution in [3.63, 3.8) is 0 Å². The third-order valence-electron chi connectivity index (χ3n) is 2.63. The predicted molar refractivity (Wildman–Crippen MR) is 79.2 cm³/mol. The molecule has 0 radical (unpaired) electrons. The summed E-state index contributed by atoms with van der Waals surface area (Å²) in [5.41, 5.74) is 0.347. The van der Waals surface area contributed by atoms with Gasteiger partial charge in [-0.1, -0.05) is 0 Å². The highest BCUT2D eigenvalue weighted by atomic mass is 32.2. The molecule has 0 unspecified atom stereocenters. The molecule has 2 aromatic carbocycles. The Morgan fingerprint density at radius 2 is 1.68 bits per heavy atom. The normalized spacial score (nSPS) is 11.0. The minimum atomic E-state index is -3.40. The van der Waals surface area contributed by atoms with E-state index in [0.717, 1.165) is 18.4 Å². The van der Waals surface area contributed by atoms with Crippen LogP contribution in [-0.4, -0.2) is 20.6 Å². The molecule has 0 aromatic heterocycles. The summed E-state index contributed by atoms with van der Waals surface area (Å²) >= 11 is 0. The summed E-state index contributed by atoms with van der Waals surface area (Å²) in [5, 5.41) is 2.30. The van der Waals surface area contributed by atoms with Gasteiger partial charge in [-0.2, -0.15) is 0 Å². The van der Waals surface area contributed by atoms with Crippen LogP contribution in [0.3, 0.4) is 0 Å². The number of carbonyl (C=O) groups is 1. The van der Waals surface area contributed by atoms with Crippen molar-refractivity contribution >= 4 is 27.3 Å².